The molecule has 208 valence electrons. The lowest BCUT2D eigenvalue weighted by Crippen LogP contribution is -2.59. The fraction of sp³-hybridized carbons (Fsp3) is 0.357. The molecule has 2 aromatic carbocycles. The Labute approximate surface area is 223 Å². The van der Waals surface area contributed by atoms with Crippen LogP contribution >= 0.6 is 0 Å². The third kappa shape index (κ3) is 5.56. The van der Waals surface area contributed by atoms with Crippen molar-refractivity contribution in [3.63, 3.8) is 0 Å². The lowest BCUT2D eigenvalue weighted by atomic mass is 9.99. The second-order valence-electron chi connectivity index (χ2n) is 9.60. The number of rotatable bonds is 6. The van der Waals surface area contributed by atoms with Gasteiger partial charge in [-0.15, -0.1) is 0 Å². The van der Waals surface area contributed by atoms with Crippen LogP contribution in [0, 0.1) is 0 Å². The van der Waals surface area contributed by atoms with Gasteiger partial charge < -0.3 is 44.2 Å². The molecule has 0 bridgehead atoms. The number of fused-ring (bicyclic) bond motifs is 1. The van der Waals surface area contributed by atoms with E-state index in [0.29, 0.717) is 0 Å². The number of carbonyl (C=O) groups is 1. The Kier molecular flexibility index (Phi) is 7.86. The molecule has 1 saturated heterocycles. The predicted octanol–water partition coefficient (Wildman–Crippen LogP) is 2.86. The minimum absolute atomic E-state index is 0.0524. The average Bonchev–Trinajstić information content (AvgIpc) is 2.86. The van der Waals surface area contributed by atoms with Crippen molar-refractivity contribution in [1.82, 2.24) is 0 Å². The van der Waals surface area contributed by atoms with Gasteiger partial charge in [-0.25, -0.2) is 0 Å². The third-order valence-corrected chi connectivity index (χ3v) is 6.34. The number of benzene rings is 2. The molecule has 0 radical (unpaired) electrons. The molecule has 11 nitrogen and oxygen atoms in total. The Morgan fingerprint density at radius 3 is 2.31 bits per heavy atom. The molecule has 1 fully saturated rings. The zero-order chi connectivity index (χ0) is 28.6. The molecule has 0 spiro atoms. The number of phenolic OH excluding ortho intramolecular Hbond substituents is 3. The van der Waals surface area contributed by atoms with Crippen LogP contribution in [0.1, 0.15) is 33.3 Å². The summed E-state index contributed by atoms with van der Waals surface area (Å²) in [4.78, 5) is 25.2. The van der Waals surface area contributed by atoms with E-state index in [-0.39, 0.29) is 45.8 Å². The SMILES string of the molecule is CC(=O)O[C@@H]1[C@H](O)[C@H](O)[C@H](Oc2c(-c3ccc(O)cc3)oc3c(CC=C(C)C)c(O)cc(O)c3c2=O)O[C@H]1C. The third-order valence-electron chi connectivity index (χ3n) is 6.34. The highest BCUT2D eigenvalue weighted by Crippen LogP contribution is 2.40. The number of allylic oxidation sites excluding steroid dienone is 2. The highest BCUT2D eigenvalue weighted by molar-refractivity contribution is 5.91. The largest absolute Gasteiger partial charge is 0.508 e. The first-order valence-corrected chi connectivity index (χ1v) is 12.2. The van der Waals surface area contributed by atoms with Gasteiger partial charge in [-0.3, -0.25) is 9.59 Å². The summed E-state index contributed by atoms with van der Waals surface area (Å²) < 4.78 is 22.6. The summed E-state index contributed by atoms with van der Waals surface area (Å²) in [5, 5.41) is 52.0. The summed E-state index contributed by atoms with van der Waals surface area (Å²) in [6, 6.07) is 6.65. The second-order valence-corrected chi connectivity index (χ2v) is 9.60. The summed E-state index contributed by atoms with van der Waals surface area (Å²) in [6.45, 7) is 6.36. The highest BCUT2D eigenvalue weighted by Gasteiger charge is 2.46. The summed E-state index contributed by atoms with van der Waals surface area (Å²) in [7, 11) is 0. The maximum absolute atomic E-state index is 13.8. The number of hydrogen-bond acceptors (Lipinski definition) is 11. The van der Waals surface area contributed by atoms with E-state index < -0.39 is 53.6 Å². The molecule has 11 heteroatoms. The summed E-state index contributed by atoms with van der Waals surface area (Å²) in [5.41, 5.74) is 0.554. The summed E-state index contributed by atoms with van der Waals surface area (Å²) in [6.07, 6.45) is -5.06. The van der Waals surface area contributed by atoms with Gasteiger partial charge in [0.25, 0.3) is 0 Å². The smallest absolute Gasteiger partial charge is 0.303 e. The van der Waals surface area contributed by atoms with Gasteiger partial charge in [-0.1, -0.05) is 11.6 Å². The number of hydrogen-bond donors (Lipinski definition) is 5. The molecule has 39 heavy (non-hydrogen) atoms. The minimum atomic E-state index is -1.74. The highest BCUT2D eigenvalue weighted by atomic mass is 16.7. The standard InChI is InChI=1S/C28H30O11/c1-12(2)5-10-17-18(31)11-19(32)20-21(33)27(25(38-26(17)20)15-6-8-16(30)9-7-15)39-28-23(35)22(34)24(13(3)36-28)37-14(4)29/h5-9,11,13,22-24,28,30-32,34-35H,10H2,1-4H3/t13-,22+,23-,24-,28-/m0/s1. The van der Waals surface area contributed by atoms with Crippen LogP contribution in [0.2, 0.25) is 0 Å². The molecule has 0 unspecified atom stereocenters. The summed E-state index contributed by atoms with van der Waals surface area (Å²) in [5.74, 6) is -2.19. The number of esters is 1. The quantitative estimate of drug-likeness (QED) is 0.229. The molecular weight excluding hydrogens is 512 g/mol. The number of aliphatic hydroxyl groups is 2. The Morgan fingerprint density at radius 2 is 1.69 bits per heavy atom. The van der Waals surface area contributed by atoms with E-state index in [9.17, 15) is 35.1 Å². The van der Waals surface area contributed by atoms with Crippen LogP contribution in [-0.2, 0) is 20.7 Å². The monoisotopic (exact) mass is 542 g/mol. The molecule has 0 saturated carbocycles. The second kappa shape index (κ2) is 11.0. The van der Waals surface area contributed by atoms with Crippen LogP contribution in [-0.4, -0.2) is 62.2 Å². The van der Waals surface area contributed by atoms with Crippen LogP contribution in [0.15, 0.2) is 51.2 Å². The van der Waals surface area contributed by atoms with E-state index in [1.807, 2.05) is 19.9 Å². The molecule has 2 heterocycles. The van der Waals surface area contributed by atoms with Crippen molar-refractivity contribution >= 4 is 16.9 Å². The van der Waals surface area contributed by atoms with E-state index in [1.54, 1.807) is 0 Å². The number of aromatic hydroxyl groups is 3. The van der Waals surface area contributed by atoms with E-state index in [1.165, 1.54) is 31.2 Å². The summed E-state index contributed by atoms with van der Waals surface area (Å²) >= 11 is 0. The van der Waals surface area contributed by atoms with Gasteiger partial charge in [0.15, 0.2) is 11.9 Å². The molecule has 5 N–H and O–H groups in total. The first-order valence-electron chi connectivity index (χ1n) is 12.2. The van der Waals surface area contributed by atoms with Crippen molar-refractivity contribution in [2.45, 2.75) is 64.8 Å². The van der Waals surface area contributed by atoms with Crippen molar-refractivity contribution < 1.29 is 49.0 Å². The lowest BCUT2D eigenvalue weighted by Gasteiger charge is -2.40. The molecule has 1 aliphatic rings. The van der Waals surface area contributed by atoms with E-state index in [4.69, 9.17) is 18.6 Å². The minimum Gasteiger partial charge on any atom is -0.508 e. The van der Waals surface area contributed by atoms with Crippen molar-refractivity contribution in [2.24, 2.45) is 0 Å². The Hall–Kier alpha value is -4.06. The van der Waals surface area contributed by atoms with Crippen molar-refractivity contribution in [2.75, 3.05) is 0 Å². The molecule has 5 atom stereocenters. The zero-order valence-electron chi connectivity index (χ0n) is 21.7. The van der Waals surface area contributed by atoms with Crippen molar-refractivity contribution in [1.29, 1.82) is 0 Å². The van der Waals surface area contributed by atoms with Gasteiger partial charge in [0.2, 0.25) is 17.5 Å². The maximum Gasteiger partial charge on any atom is 0.303 e. The molecular formula is C28H30O11. The Morgan fingerprint density at radius 1 is 1.03 bits per heavy atom. The molecule has 3 aromatic rings. The number of ether oxygens (including phenoxy) is 3. The van der Waals surface area contributed by atoms with Gasteiger partial charge in [0, 0.05) is 24.1 Å². The normalized spacial score (nSPS) is 22.9. The number of carbonyl (C=O) groups excluding carboxylic acids is 1. The molecule has 4 rings (SSSR count). The zero-order valence-corrected chi connectivity index (χ0v) is 21.7. The molecule has 1 aromatic heterocycles. The van der Waals surface area contributed by atoms with Gasteiger partial charge >= 0.3 is 5.97 Å². The van der Waals surface area contributed by atoms with Crippen LogP contribution in [0.3, 0.4) is 0 Å². The van der Waals surface area contributed by atoms with E-state index in [2.05, 4.69) is 0 Å². The first kappa shape index (κ1) is 28.0. The molecule has 1 aliphatic heterocycles. The number of phenols is 3. The van der Waals surface area contributed by atoms with Gasteiger partial charge in [0.05, 0.1) is 6.10 Å². The van der Waals surface area contributed by atoms with Crippen LogP contribution < -0.4 is 10.2 Å². The van der Waals surface area contributed by atoms with Gasteiger partial charge in [-0.05, 0) is 51.5 Å². The van der Waals surface area contributed by atoms with Gasteiger partial charge in [0.1, 0.15) is 40.4 Å². The van der Waals surface area contributed by atoms with Crippen LogP contribution in [0.25, 0.3) is 22.3 Å². The number of aliphatic hydroxyl groups excluding tert-OH is 2. The maximum atomic E-state index is 13.8. The fourth-order valence-electron chi connectivity index (χ4n) is 4.36. The van der Waals surface area contributed by atoms with Crippen molar-refractivity contribution in [3.05, 3.63) is 57.8 Å². The Bertz CT molecular complexity index is 1470. The molecule has 0 amide bonds. The van der Waals surface area contributed by atoms with E-state index in [0.717, 1.165) is 18.6 Å². The van der Waals surface area contributed by atoms with Crippen LogP contribution in [0.4, 0.5) is 0 Å². The fourth-order valence-corrected chi connectivity index (χ4v) is 4.36. The van der Waals surface area contributed by atoms with Gasteiger partial charge in [-0.2, -0.15) is 0 Å². The Balaban J connectivity index is 1.90. The lowest BCUT2D eigenvalue weighted by molar-refractivity contribution is -0.272. The molecule has 0 aliphatic carbocycles. The predicted molar refractivity (Wildman–Crippen MR) is 139 cm³/mol. The van der Waals surface area contributed by atoms with E-state index >= 15 is 0 Å². The average molecular weight is 543 g/mol. The van der Waals surface area contributed by atoms with Crippen molar-refractivity contribution in [3.8, 4) is 34.3 Å². The first-order chi connectivity index (χ1) is 18.4. The topological polar surface area (TPSA) is 176 Å². The van der Waals surface area contributed by atoms with Crippen LogP contribution in [0.5, 0.6) is 23.0 Å².